The average molecular weight is 788 g/mol. The van der Waals surface area contributed by atoms with Crippen molar-refractivity contribution in [1.82, 2.24) is 4.57 Å². The topological polar surface area (TPSA) is 11.4 Å². The van der Waals surface area contributed by atoms with E-state index < -0.39 is 0 Å². The van der Waals surface area contributed by atoms with Crippen LogP contribution in [0.5, 0.6) is 0 Å². The molecule has 4 bridgehead atoms. The molecule has 1 aromatic heterocycles. The Morgan fingerprint density at radius 2 is 0.738 bits per heavy atom. The van der Waals surface area contributed by atoms with Crippen molar-refractivity contribution in [1.29, 1.82) is 0 Å². The molecule has 3 nitrogen and oxygen atoms in total. The maximum atomic E-state index is 2.50. The number of aromatic nitrogens is 1. The van der Waals surface area contributed by atoms with E-state index >= 15 is 0 Å². The number of benzene rings is 8. The second-order valence-electron chi connectivity index (χ2n) is 17.8. The fourth-order valence-corrected chi connectivity index (χ4v) is 12.4. The minimum Gasteiger partial charge on any atom is -0.311 e. The number of nitrogens with zero attached hydrogens (tertiary/aromatic N) is 3. The lowest BCUT2D eigenvalue weighted by molar-refractivity contribution is -0.0418. The number of rotatable bonds is 9. The van der Waals surface area contributed by atoms with Crippen LogP contribution in [-0.2, 0) is 5.41 Å². The SMILES string of the molecule is c1ccc(N(c2ccccc2)c2ccc(C3(c4ccc(N(c5ccccc5)c5ccc6c7ccccc7n(-c7ccccc7)c6c5)cc4)C4CC5CC(C4)CC3C5)cc2)cc1. The third kappa shape index (κ3) is 5.93. The molecule has 0 spiro atoms. The Kier molecular flexibility index (Phi) is 8.69. The summed E-state index contributed by atoms with van der Waals surface area (Å²) in [7, 11) is 0. The summed E-state index contributed by atoms with van der Waals surface area (Å²) in [5.74, 6) is 3.03. The molecular weight excluding hydrogens is 739 g/mol. The summed E-state index contributed by atoms with van der Waals surface area (Å²) in [5.41, 5.74) is 13.6. The van der Waals surface area contributed by atoms with Gasteiger partial charge in [0.05, 0.1) is 11.0 Å². The fourth-order valence-electron chi connectivity index (χ4n) is 12.4. The highest BCUT2D eigenvalue weighted by molar-refractivity contribution is 6.10. The molecule has 1 heterocycles. The molecule has 9 aromatic rings. The van der Waals surface area contributed by atoms with E-state index in [-0.39, 0.29) is 5.41 Å². The average Bonchev–Trinajstić information content (AvgIpc) is 3.65. The Morgan fingerprint density at radius 3 is 1.25 bits per heavy atom. The van der Waals surface area contributed by atoms with Gasteiger partial charge in [-0.1, -0.05) is 121 Å². The second-order valence-corrected chi connectivity index (χ2v) is 17.8. The number of fused-ring (bicyclic) bond motifs is 3. The second kappa shape index (κ2) is 14.7. The van der Waals surface area contributed by atoms with Crippen LogP contribution in [0.1, 0.15) is 43.2 Å². The van der Waals surface area contributed by atoms with Gasteiger partial charge < -0.3 is 14.4 Å². The fraction of sp³-hybridized carbons (Fsp3) is 0.172. The lowest BCUT2D eigenvalue weighted by Crippen LogP contribution is -2.56. The van der Waals surface area contributed by atoms with Crippen LogP contribution in [0.25, 0.3) is 27.5 Å². The van der Waals surface area contributed by atoms with Gasteiger partial charge in [0.25, 0.3) is 0 Å². The van der Waals surface area contributed by atoms with E-state index in [1.807, 2.05) is 0 Å². The first-order valence-electron chi connectivity index (χ1n) is 22.3. The van der Waals surface area contributed by atoms with Gasteiger partial charge in [-0.25, -0.2) is 0 Å². The van der Waals surface area contributed by atoms with Gasteiger partial charge in [0.15, 0.2) is 0 Å². The first kappa shape index (κ1) is 36.0. The molecular formula is C58H49N3. The van der Waals surface area contributed by atoms with Crippen molar-refractivity contribution in [3.63, 3.8) is 0 Å². The molecule has 0 N–H and O–H groups in total. The zero-order valence-electron chi connectivity index (χ0n) is 34.4. The van der Waals surface area contributed by atoms with Crippen LogP contribution in [0.4, 0.5) is 34.1 Å². The lowest BCUT2D eigenvalue weighted by atomic mass is 9.42. The van der Waals surface area contributed by atoms with E-state index in [9.17, 15) is 0 Å². The van der Waals surface area contributed by atoms with Gasteiger partial charge in [0, 0.05) is 56.0 Å². The summed E-state index contributed by atoms with van der Waals surface area (Å²) >= 11 is 0. The van der Waals surface area contributed by atoms with Crippen molar-refractivity contribution < 1.29 is 0 Å². The van der Waals surface area contributed by atoms with Crippen LogP contribution in [-0.4, -0.2) is 4.57 Å². The zero-order chi connectivity index (χ0) is 40.3. The van der Waals surface area contributed by atoms with E-state index in [1.165, 1.54) is 93.5 Å². The van der Waals surface area contributed by atoms with Gasteiger partial charge in [-0.2, -0.15) is 0 Å². The van der Waals surface area contributed by atoms with Gasteiger partial charge in [-0.05, 0) is 158 Å². The van der Waals surface area contributed by atoms with E-state index in [4.69, 9.17) is 0 Å². The third-order valence-electron chi connectivity index (χ3n) is 14.6. The van der Waals surface area contributed by atoms with Crippen molar-refractivity contribution in [3.05, 3.63) is 223 Å². The first-order chi connectivity index (χ1) is 30.2. The predicted octanol–water partition coefficient (Wildman–Crippen LogP) is 15.5. The van der Waals surface area contributed by atoms with E-state index in [1.54, 1.807) is 0 Å². The molecule has 3 heteroatoms. The molecule has 8 aromatic carbocycles. The molecule has 296 valence electrons. The standard InChI is InChI=1S/C58H49N3/c1-5-15-47(16-6-1)59(48-17-7-2-8-18-48)51-29-25-43(26-30-51)58(45-36-41-35-42(38-45)39-46(58)37-41)44-27-31-52(32-28-44)60(49-19-9-3-10-20-49)53-33-34-55-54-23-13-14-24-56(54)61(57(55)40-53)50-21-11-4-12-22-50/h1-34,40-42,45-46H,35-39H2. The summed E-state index contributed by atoms with van der Waals surface area (Å²) in [6, 6.07) is 78.6. The smallest absolute Gasteiger partial charge is 0.0561 e. The molecule has 0 unspecified atom stereocenters. The summed E-state index contributed by atoms with van der Waals surface area (Å²) < 4.78 is 2.42. The van der Waals surface area contributed by atoms with Crippen LogP contribution >= 0.6 is 0 Å². The molecule has 4 aliphatic carbocycles. The molecule has 4 aliphatic rings. The predicted molar refractivity (Wildman–Crippen MR) is 254 cm³/mol. The molecule has 0 saturated heterocycles. The molecule has 4 fully saturated rings. The Bertz CT molecular complexity index is 2890. The van der Waals surface area contributed by atoms with Crippen LogP contribution in [0.2, 0.25) is 0 Å². The lowest BCUT2D eigenvalue weighted by Gasteiger charge is -2.62. The van der Waals surface area contributed by atoms with Gasteiger partial charge in [0.1, 0.15) is 0 Å². The maximum absolute atomic E-state index is 2.50. The third-order valence-corrected chi connectivity index (χ3v) is 14.6. The first-order valence-corrected chi connectivity index (χ1v) is 22.3. The van der Waals surface area contributed by atoms with Crippen molar-refractivity contribution in [2.24, 2.45) is 23.7 Å². The molecule has 13 rings (SSSR count). The highest BCUT2D eigenvalue weighted by Crippen LogP contribution is 2.65. The molecule has 61 heavy (non-hydrogen) atoms. The highest BCUT2D eigenvalue weighted by Gasteiger charge is 2.58. The highest BCUT2D eigenvalue weighted by atomic mass is 15.1. The van der Waals surface area contributed by atoms with E-state index in [0.717, 1.165) is 23.2 Å². The minimum atomic E-state index is -0.0120. The number of para-hydroxylation sites is 5. The van der Waals surface area contributed by atoms with Gasteiger partial charge in [0.2, 0.25) is 0 Å². The number of hydrogen-bond donors (Lipinski definition) is 0. The zero-order valence-corrected chi connectivity index (χ0v) is 34.4. The largest absolute Gasteiger partial charge is 0.311 e. The molecule has 0 atom stereocenters. The minimum absolute atomic E-state index is 0.0120. The maximum Gasteiger partial charge on any atom is 0.0561 e. The van der Waals surface area contributed by atoms with Crippen LogP contribution in [0, 0.1) is 23.7 Å². The molecule has 4 saturated carbocycles. The normalized spacial score (nSPS) is 21.5. The summed E-state index contributed by atoms with van der Waals surface area (Å²) in [6.07, 6.45) is 6.78. The molecule has 0 aliphatic heterocycles. The van der Waals surface area contributed by atoms with E-state index in [0.29, 0.717) is 11.8 Å². The van der Waals surface area contributed by atoms with Gasteiger partial charge >= 0.3 is 0 Å². The van der Waals surface area contributed by atoms with Gasteiger partial charge in [-0.15, -0.1) is 0 Å². The van der Waals surface area contributed by atoms with Crippen molar-refractivity contribution >= 4 is 55.9 Å². The van der Waals surface area contributed by atoms with Gasteiger partial charge in [-0.3, -0.25) is 0 Å². The van der Waals surface area contributed by atoms with Crippen molar-refractivity contribution in [3.8, 4) is 5.69 Å². The van der Waals surface area contributed by atoms with Crippen LogP contribution in [0.15, 0.2) is 212 Å². The summed E-state index contributed by atoms with van der Waals surface area (Å²) in [6.45, 7) is 0. The molecule has 0 radical (unpaired) electrons. The number of anilines is 6. The van der Waals surface area contributed by atoms with Crippen LogP contribution < -0.4 is 9.80 Å². The summed E-state index contributed by atoms with van der Waals surface area (Å²) in [4.78, 5) is 4.83. The Labute approximate surface area is 359 Å². The molecule has 0 amide bonds. The monoisotopic (exact) mass is 787 g/mol. The van der Waals surface area contributed by atoms with Crippen molar-refractivity contribution in [2.75, 3.05) is 9.80 Å². The Balaban J connectivity index is 0.974. The quantitative estimate of drug-likeness (QED) is 0.144. The van der Waals surface area contributed by atoms with Crippen molar-refractivity contribution in [2.45, 2.75) is 37.5 Å². The number of hydrogen-bond acceptors (Lipinski definition) is 2. The van der Waals surface area contributed by atoms with E-state index in [2.05, 4.69) is 227 Å². The summed E-state index contributed by atoms with van der Waals surface area (Å²) in [5, 5.41) is 2.53. The Morgan fingerprint density at radius 1 is 0.344 bits per heavy atom. The van der Waals surface area contributed by atoms with Crippen LogP contribution in [0.3, 0.4) is 0 Å². The Hall–Kier alpha value is -6.84.